The summed E-state index contributed by atoms with van der Waals surface area (Å²) in [6.07, 6.45) is 4.66. The molecule has 2 saturated carbocycles. The van der Waals surface area contributed by atoms with Gasteiger partial charge in [-0.3, -0.25) is 4.79 Å². The van der Waals surface area contributed by atoms with E-state index in [0.717, 1.165) is 35.7 Å². The predicted octanol–water partition coefficient (Wildman–Crippen LogP) is 2.54. The van der Waals surface area contributed by atoms with Crippen LogP contribution in [0.15, 0.2) is 18.2 Å². The highest BCUT2D eigenvalue weighted by atomic mass is 16.3. The Morgan fingerprint density at radius 3 is 2.90 bits per heavy atom. The van der Waals surface area contributed by atoms with Crippen LogP contribution in [0.5, 0.6) is 0 Å². The van der Waals surface area contributed by atoms with Gasteiger partial charge in [0.25, 0.3) is 5.91 Å². The second-order valence-corrected chi connectivity index (χ2v) is 6.98. The minimum Gasteiger partial charge on any atom is -0.378 e. The minimum absolute atomic E-state index is 0.321. The van der Waals surface area contributed by atoms with Gasteiger partial charge in [0.1, 0.15) is 0 Å². The average molecular weight is 286 g/mol. The van der Waals surface area contributed by atoms with Crippen LogP contribution in [0.4, 0.5) is 11.4 Å². The van der Waals surface area contributed by atoms with Crippen LogP contribution >= 0.6 is 0 Å². The molecule has 2 aliphatic carbocycles. The summed E-state index contributed by atoms with van der Waals surface area (Å²) in [6.45, 7) is 1.09. The fraction of sp³-hybridized carbons (Fsp3) is 0.588. The molecular weight excluding hydrogens is 264 g/mol. The lowest BCUT2D eigenvalue weighted by atomic mass is 9.88. The molecule has 1 aromatic rings. The van der Waals surface area contributed by atoms with Crippen LogP contribution in [0.1, 0.15) is 37.4 Å². The van der Waals surface area contributed by atoms with Crippen molar-refractivity contribution in [3.05, 3.63) is 23.8 Å². The van der Waals surface area contributed by atoms with Gasteiger partial charge in [0.05, 0.1) is 0 Å². The molecule has 0 radical (unpaired) electrons. The molecular formula is C17H22N2O2. The number of carbonyl (C=O) groups is 1. The molecule has 112 valence electrons. The maximum absolute atomic E-state index is 11.5. The van der Waals surface area contributed by atoms with Gasteiger partial charge in [-0.05, 0) is 49.1 Å². The smallest absolute Gasteiger partial charge is 0.257 e. The number of fused-ring (bicyclic) bond motifs is 3. The molecule has 4 atom stereocenters. The number of nitrogens with one attached hydrogen (secondary N) is 1. The van der Waals surface area contributed by atoms with E-state index in [-0.39, 0.29) is 5.91 Å². The second kappa shape index (κ2) is 4.73. The zero-order valence-corrected chi connectivity index (χ0v) is 12.4. The summed E-state index contributed by atoms with van der Waals surface area (Å²) in [6, 6.07) is 5.86. The first-order valence-electron chi connectivity index (χ1n) is 7.96. The Kier molecular flexibility index (Phi) is 2.96. The number of hydrogen-bond acceptors (Lipinski definition) is 3. The second-order valence-electron chi connectivity index (χ2n) is 6.98. The molecule has 3 aliphatic rings. The zero-order chi connectivity index (χ0) is 14.6. The van der Waals surface area contributed by atoms with Gasteiger partial charge in [-0.25, -0.2) is 0 Å². The summed E-state index contributed by atoms with van der Waals surface area (Å²) < 4.78 is 0. The number of benzene rings is 1. The van der Waals surface area contributed by atoms with E-state index < -0.39 is 6.10 Å². The number of hydrogen-bond donors (Lipinski definition) is 2. The quantitative estimate of drug-likeness (QED) is 0.898. The highest BCUT2D eigenvalue weighted by Gasteiger charge is 2.39. The number of anilines is 2. The van der Waals surface area contributed by atoms with Crippen LogP contribution < -0.4 is 10.2 Å². The SMILES string of the molecule is CN(CC1CC2CCC1C2)c1ccc2c(c1)NC(=O)C2O. The van der Waals surface area contributed by atoms with E-state index in [9.17, 15) is 9.90 Å². The van der Waals surface area contributed by atoms with Gasteiger partial charge in [0.2, 0.25) is 0 Å². The van der Waals surface area contributed by atoms with E-state index in [4.69, 9.17) is 0 Å². The lowest BCUT2D eigenvalue weighted by Crippen LogP contribution is -2.28. The highest BCUT2D eigenvalue weighted by Crippen LogP contribution is 2.48. The van der Waals surface area contributed by atoms with Crippen LogP contribution in [0.2, 0.25) is 0 Å². The molecule has 2 bridgehead atoms. The third-order valence-electron chi connectivity index (χ3n) is 5.67. The molecule has 0 saturated heterocycles. The normalized spacial score (nSPS) is 33.1. The first-order valence-corrected chi connectivity index (χ1v) is 7.96. The summed E-state index contributed by atoms with van der Waals surface area (Å²) in [5.41, 5.74) is 2.56. The largest absolute Gasteiger partial charge is 0.378 e. The van der Waals surface area contributed by atoms with E-state index in [0.29, 0.717) is 5.56 Å². The van der Waals surface area contributed by atoms with E-state index in [1.807, 2.05) is 18.2 Å². The van der Waals surface area contributed by atoms with Crippen LogP contribution in [0.3, 0.4) is 0 Å². The molecule has 1 aliphatic heterocycles. The fourth-order valence-electron chi connectivity index (χ4n) is 4.53. The Bertz CT molecular complexity index is 586. The average Bonchev–Trinajstić information content (AvgIpc) is 3.15. The van der Waals surface area contributed by atoms with Crippen molar-refractivity contribution in [3.8, 4) is 0 Å². The van der Waals surface area contributed by atoms with E-state index >= 15 is 0 Å². The molecule has 4 rings (SSSR count). The number of nitrogens with zero attached hydrogens (tertiary/aromatic N) is 1. The molecule has 4 nitrogen and oxygen atoms in total. The van der Waals surface area contributed by atoms with Crippen molar-refractivity contribution in [1.82, 2.24) is 0 Å². The van der Waals surface area contributed by atoms with Gasteiger partial charge in [0.15, 0.2) is 6.10 Å². The summed E-state index contributed by atoms with van der Waals surface area (Å²) in [5, 5.41) is 12.5. The molecule has 4 unspecified atom stereocenters. The van der Waals surface area contributed by atoms with Crippen molar-refractivity contribution in [2.75, 3.05) is 23.8 Å². The summed E-state index contributed by atoms with van der Waals surface area (Å²) >= 11 is 0. The number of carbonyl (C=O) groups excluding carboxylic acids is 1. The van der Waals surface area contributed by atoms with Gasteiger partial charge < -0.3 is 15.3 Å². The fourth-order valence-corrected chi connectivity index (χ4v) is 4.53. The van der Waals surface area contributed by atoms with Crippen molar-refractivity contribution < 1.29 is 9.90 Å². The topological polar surface area (TPSA) is 52.6 Å². The van der Waals surface area contributed by atoms with Crippen LogP contribution in [-0.4, -0.2) is 24.6 Å². The molecule has 21 heavy (non-hydrogen) atoms. The van der Waals surface area contributed by atoms with E-state index in [1.165, 1.54) is 25.7 Å². The lowest BCUT2D eigenvalue weighted by molar-refractivity contribution is -0.123. The predicted molar refractivity (Wildman–Crippen MR) is 82.2 cm³/mol. The number of aliphatic hydroxyl groups excluding tert-OH is 1. The Labute approximate surface area is 125 Å². The van der Waals surface area contributed by atoms with Crippen molar-refractivity contribution in [1.29, 1.82) is 0 Å². The van der Waals surface area contributed by atoms with Crippen LogP contribution in [0.25, 0.3) is 0 Å². The van der Waals surface area contributed by atoms with Crippen LogP contribution in [0, 0.1) is 17.8 Å². The molecule has 4 heteroatoms. The Balaban J connectivity index is 1.49. The molecule has 1 aromatic carbocycles. The van der Waals surface area contributed by atoms with Crippen molar-refractivity contribution in [2.45, 2.75) is 31.8 Å². The monoisotopic (exact) mass is 286 g/mol. The number of aliphatic hydroxyl groups is 1. The van der Waals surface area contributed by atoms with E-state index in [1.54, 1.807) is 0 Å². The Morgan fingerprint density at radius 1 is 1.33 bits per heavy atom. The van der Waals surface area contributed by atoms with Crippen molar-refractivity contribution in [2.24, 2.45) is 17.8 Å². The van der Waals surface area contributed by atoms with Gasteiger partial charge in [-0.15, -0.1) is 0 Å². The molecule has 0 spiro atoms. The third-order valence-corrected chi connectivity index (χ3v) is 5.67. The first-order chi connectivity index (χ1) is 10.1. The third kappa shape index (κ3) is 2.13. The van der Waals surface area contributed by atoms with E-state index in [2.05, 4.69) is 17.3 Å². The molecule has 2 fully saturated rings. The van der Waals surface area contributed by atoms with Gasteiger partial charge in [-0.1, -0.05) is 12.5 Å². The lowest BCUT2D eigenvalue weighted by Gasteiger charge is -2.28. The van der Waals surface area contributed by atoms with Gasteiger partial charge in [0, 0.05) is 30.5 Å². The molecule has 2 N–H and O–H groups in total. The Hall–Kier alpha value is -1.55. The van der Waals surface area contributed by atoms with Gasteiger partial charge >= 0.3 is 0 Å². The molecule has 0 aromatic heterocycles. The zero-order valence-electron chi connectivity index (χ0n) is 12.4. The molecule has 1 amide bonds. The summed E-state index contributed by atoms with van der Waals surface area (Å²) in [7, 11) is 2.13. The van der Waals surface area contributed by atoms with Gasteiger partial charge in [-0.2, -0.15) is 0 Å². The van der Waals surface area contributed by atoms with Crippen LogP contribution in [-0.2, 0) is 4.79 Å². The molecule has 1 heterocycles. The minimum atomic E-state index is -1.01. The Morgan fingerprint density at radius 2 is 2.19 bits per heavy atom. The highest BCUT2D eigenvalue weighted by molar-refractivity contribution is 6.02. The summed E-state index contributed by atoms with van der Waals surface area (Å²) in [5.74, 6) is 2.40. The van der Waals surface area contributed by atoms with Crippen molar-refractivity contribution in [3.63, 3.8) is 0 Å². The number of rotatable bonds is 3. The summed E-state index contributed by atoms with van der Waals surface area (Å²) in [4.78, 5) is 13.8. The maximum Gasteiger partial charge on any atom is 0.257 e. The first kappa shape index (κ1) is 13.1. The standard InChI is InChI=1S/C17H22N2O2/c1-19(9-12-7-10-2-3-11(12)6-10)13-4-5-14-15(8-13)18-17(21)16(14)20/h4-5,8,10-12,16,20H,2-3,6-7,9H2,1H3,(H,18,21). The maximum atomic E-state index is 11.5. The number of amides is 1. The van der Waals surface area contributed by atoms with Crippen molar-refractivity contribution >= 4 is 17.3 Å².